The summed E-state index contributed by atoms with van der Waals surface area (Å²) >= 11 is 1.51. The van der Waals surface area contributed by atoms with Crippen molar-refractivity contribution in [2.75, 3.05) is 38.4 Å². The summed E-state index contributed by atoms with van der Waals surface area (Å²) in [4.78, 5) is 2.08. The fourth-order valence-corrected chi connectivity index (χ4v) is 3.81. The molecule has 152 valence electrons. The molecule has 0 aliphatic carbocycles. The molecule has 1 aliphatic rings. The standard InChI is InChI=1S/C21H24N4O3S/c1-25(2)16-8-4-14(5-9-16)19-22-12-18(27-19)13-29-21-24-23-20(28-21)15-6-10-17(26-3)11-7-15/h4-11,18-19,22H,12-13H2,1-3H3/t18-,19+/m0/s1. The first-order valence-corrected chi connectivity index (χ1v) is 10.4. The number of nitrogens with one attached hydrogen (secondary N) is 1. The first-order valence-electron chi connectivity index (χ1n) is 9.39. The van der Waals surface area contributed by atoms with Crippen molar-refractivity contribution in [1.82, 2.24) is 15.5 Å². The average molecular weight is 413 g/mol. The van der Waals surface area contributed by atoms with Crippen molar-refractivity contribution < 1.29 is 13.9 Å². The lowest BCUT2D eigenvalue weighted by Gasteiger charge is -2.16. The van der Waals surface area contributed by atoms with Crippen LogP contribution < -0.4 is 15.0 Å². The van der Waals surface area contributed by atoms with Crippen molar-refractivity contribution in [3.05, 3.63) is 54.1 Å². The van der Waals surface area contributed by atoms with Crippen LogP contribution in [0.15, 0.2) is 58.2 Å². The molecule has 2 atom stereocenters. The van der Waals surface area contributed by atoms with Crippen molar-refractivity contribution in [2.45, 2.75) is 17.6 Å². The van der Waals surface area contributed by atoms with Gasteiger partial charge in [0.15, 0.2) is 0 Å². The van der Waals surface area contributed by atoms with Gasteiger partial charge in [0.2, 0.25) is 5.89 Å². The van der Waals surface area contributed by atoms with Crippen molar-refractivity contribution >= 4 is 17.4 Å². The topological polar surface area (TPSA) is 72.7 Å². The van der Waals surface area contributed by atoms with Gasteiger partial charge in [0.05, 0.1) is 13.2 Å². The zero-order valence-electron chi connectivity index (χ0n) is 16.7. The minimum absolute atomic E-state index is 0.0786. The zero-order valence-corrected chi connectivity index (χ0v) is 17.5. The van der Waals surface area contributed by atoms with E-state index in [9.17, 15) is 0 Å². The number of methoxy groups -OCH3 is 1. The van der Waals surface area contributed by atoms with Gasteiger partial charge in [-0.25, -0.2) is 0 Å². The van der Waals surface area contributed by atoms with E-state index in [1.54, 1.807) is 7.11 Å². The van der Waals surface area contributed by atoms with Gasteiger partial charge in [-0.05, 0) is 42.0 Å². The molecule has 1 aliphatic heterocycles. The number of nitrogens with zero attached hydrogens (tertiary/aromatic N) is 3. The Labute approximate surface area is 174 Å². The summed E-state index contributed by atoms with van der Waals surface area (Å²) in [5.74, 6) is 2.03. The van der Waals surface area contributed by atoms with Gasteiger partial charge >= 0.3 is 0 Å². The largest absolute Gasteiger partial charge is 0.497 e. The molecule has 0 radical (unpaired) electrons. The summed E-state index contributed by atoms with van der Waals surface area (Å²) in [6, 6.07) is 15.9. The van der Waals surface area contributed by atoms with E-state index in [2.05, 4.69) is 44.7 Å². The third kappa shape index (κ3) is 4.72. The molecule has 2 heterocycles. The van der Waals surface area contributed by atoms with E-state index < -0.39 is 0 Å². The Kier molecular flexibility index (Phi) is 6.03. The molecule has 0 amide bonds. The number of aromatic nitrogens is 2. The van der Waals surface area contributed by atoms with Crippen LogP contribution in [-0.4, -0.2) is 49.8 Å². The minimum atomic E-state index is -0.0886. The second-order valence-electron chi connectivity index (χ2n) is 6.94. The molecule has 1 fully saturated rings. The number of thioether (sulfide) groups is 1. The summed E-state index contributed by atoms with van der Waals surface area (Å²) in [5, 5.41) is 12.2. The summed E-state index contributed by atoms with van der Waals surface area (Å²) in [7, 11) is 5.70. The molecule has 7 nitrogen and oxygen atoms in total. The molecule has 0 saturated carbocycles. The molecule has 3 aromatic rings. The van der Waals surface area contributed by atoms with Gasteiger partial charge < -0.3 is 18.8 Å². The molecule has 0 spiro atoms. The van der Waals surface area contributed by atoms with Crippen LogP contribution in [0.25, 0.3) is 11.5 Å². The highest BCUT2D eigenvalue weighted by molar-refractivity contribution is 7.99. The maximum absolute atomic E-state index is 6.14. The molecule has 1 N–H and O–H groups in total. The predicted molar refractivity (Wildman–Crippen MR) is 113 cm³/mol. The Bertz CT molecular complexity index is 928. The van der Waals surface area contributed by atoms with E-state index >= 15 is 0 Å². The highest BCUT2D eigenvalue weighted by Crippen LogP contribution is 2.28. The first kappa shape index (κ1) is 19.8. The SMILES string of the molecule is COc1ccc(-c2nnc(SC[C@@H]3CN[C@@H](c4ccc(N(C)C)cc4)O3)o2)cc1. The van der Waals surface area contributed by atoms with Crippen LogP contribution in [0.4, 0.5) is 5.69 Å². The van der Waals surface area contributed by atoms with Crippen LogP contribution in [0.5, 0.6) is 5.75 Å². The summed E-state index contributed by atoms with van der Waals surface area (Å²) in [6.07, 6.45) is -0.00998. The average Bonchev–Trinajstić information content (AvgIpc) is 3.42. The van der Waals surface area contributed by atoms with Gasteiger partial charge in [-0.2, -0.15) is 0 Å². The fraction of sp³-hybridized carbons (Fsp3) is 0.333. The second-order valence-corrected chi connectivity index (χ2v) is 7.92. The van der Waals surface area contributed by atoms with E-state index in [4.69, 9.17) is 13.9 Å². The van der Waals surface area contributed by atoms with Gasteiger partial charge in [-0.1, -0.05) is 23.9 Å². The van der Waals surface area contributed by atoms with Crippen LogP contribution in [0.1, 0.15) is 11.8 Å². The monoisotopic (exact) mass is 412 g/mol. The Morgan fingerprint density at radius 2 is 1.86 bits per heavy atom. The smallest absolute Gasteiger partial charge is 0.276 e. The maximum atomic E-state index is 6.14. The Morgan fingerprint density at radius 3 is 2.55 bits per heavy atom. The van der Waals surface area contributed by atoms with Gasteiger partial charge in [0, 0.05) is 37.6 Å². The summed E-state index contributed by atoms with van der Waals surface area (Å²) < 4.78 is 17.1. The lowest BCUT2D eigenvalue weighted by molar-refractivity contribution is 0.0534. The number of hydrogen-bond donors (Lipinski definition) is 1. The number of hydrogen-bond acceptors (Lipinski definition) is 8. The molecule has 4 rings (SSSR count). The van der Waals surface area contributed by atoms with Crippen molar-refractivity contribution in [3.63, 3.8) is 0 Å². The highest BCUT2D eigenvalue weighted by Gasteiger charge is 2.26. The van der Waals surface area contributed by atoms with Crippen LogP contribution >= 0.6 is 11.8 Å². The molecule has 0 bridgehead atoms. The lowest BCUT2D eigenvalue weighted by Crippen LogP contribution is -2.16. The van der Waals surface area contributed by atoms with Crippen LogP contribution in [0.3, 0.4) is 0 Å². The molecule has 8 heteroatoms. The highest BCUT2D eigenvalue weighted by atomic mass is 32.2. The van der Waals surface area contributed by atoms with Gasteiger partial charge in [-0.3, -0.25) is 5.32 Å². The number of rotatable bonds is 7. The van der Waals surface area contributed by atoms with Gasteiger partial charge in [-0.15, -0.1) is 10.2 Å². The normalized spacial score (nSPS) is 18.7. The molecule has 2 aromatic carbocycles. The molecule has 1 aromatic heterocycles. The Hall–Kier alpha value is -2.55. The third-order valence-corrected chi connectivity index (χ3v) is 5.66. The maximum Gasteiger partial charge on any atom is 0.276 e. The predicted octanol–water partition coefficient (Wildman–Crippen LogP) is 3.59. The van der Waals surface area contributed by atoms with Gasteiger partial charge in [0.1, 0.15) is 12.0 Å². The van der Waals surface area contributed by atoms with Crippen molar-refractivity contribution in [1.29, 1.82) is 0 Å². The molecule has 0 unspecified atom stereocenters. The second kappa shape index (κ2) is 8.86. The molecular formula is C21H24N4O3S. The molecule has 1 saturated heterocycles. The number of ether oxygens (including phenoxy) is 2. The lowest BCUT2D eigenvalue weighted by atomic mass is 10.2. The van der Waals surface area contributed by atoms with E-state index in [0.717, 1.165) is 29.2 Å². The Balaban J connectivity index is 1.30. The van der Waals surface area contributed by atoms with E-state index in [1.165, 1.54) is 17.4 Å². The molecule has 29 heavy (non-hydrogen) atoms. The first-order chi connectivity index (χ1) is 14.1. The van der Waals surface area contributed by atoms with Crippen molar-refractivity contribution in [2.24, 2.45) is 0 Å². The van der Waals surface area contributed by atoms with Crippen LogP contribution in [0.2, 0.25) is 0 Å². The van der Waals surface area contributed by atoms with E-state index in [-0.39, 0.29) is 12.3 Å². The van der Waals surface area contributed by atoms with Crippen molar-refractivity contribution in [3.8, 4) is 17.2 Å². The Morgan fingerprint density at radius 1 is 1.10 bits per heavy atom. The summed E-state index contributed by atoms with van der Waals surface area (Å²) in [6.45, 7) is 0.784. The summed E-state index contributed by atoms with van der Waals surface area (Å²) in [5.41, 5.74) is 3.16. The third-order valence-electron chi connectivity index (χ3n) is 4.71. The van der Waals surface area contributed by atoms with E-state index in [1.807, 2.05) is 38.4 Å². The van der Waals surface area contributed by atoms with Crippen LogP contribution in [-0.2, 0) is 4.74 Å². The molecular weight excluding hydrogens is 388 g/mol. The quantitative estimate of drug-likeness (QED) is 0.590. The number of benzene rings is 2. The minimum Gasteiger partial charge on any atom is -0.497 e. The van der Waals surface area contributed by atoms with E-state index in [0.29, 0.717) is 11.1 Å². The van der Waals surface area contributed by atoms with Crippen LogP contribution in [0, 0.1) is 0 Å². The zero-order chi connectivity index (χ0) is 20.2. The number of anilines is 1. The van der Waals surface area contributed by atoms with Gasteiger partial charge in [0.25, 0.3) is 5.22 Å². The fourth-order valence-electron chi connectivity index (χ4n) is 3.05.